The van der Waals surface area contributed by atoms with Gasteiger partial charge in [0.2, 0.25) is 0 Å². The number of likely N-dealkylation sites (tertiary alicyclic amines) is 1. The monoisotopic (exact) mass is 224 g/mol. The predicted molar refractivity (Wildman–Crippen MR) is 69.6 cm³/mol. The first-order chi connectivity index (χ1) is 7.63. The van der Waals surface area contributed by atoms with Gasteiger partial charge in [0.1, 0.15) is 0 Å². The van der Waals surface area contributed by atoms with Crippen molar-refractivity contribution in [1.82, 2.24) is 10.2 Å². The van der Waals surface area contributed by atoms with E-state index in [4.69, 9.17) is 0 Å². The van der Waals surface area contributed by atoms with Crippen LogP contribution < -0.4 is 5.32 Å². The summed E-state index contributed by atoms with van der Waals surface area (Å²) in [6, 6.07) is 1.38. The fourth-order valence-corrected chi connectivity index (χ4v) is 3.46. The minimum absolute atomic E-state index is 0.636. The maximum Gasteiger partial charge on any atom is 0.0209 e. The van der Waals surface area contributed by atoms with Crippen LogP contribution in [0.3, 0.4) is 0 Å². The van der Waals surface area contributed by atoms with E-state index in [1.807, 2.05) is 0 Å². The molecule has 2 rings (SSSR count). The van der Waals surface area contributed by atoms with Crippen LogP contribution in [-0.2, 0) is 0 Å². The SMILES string of the molecule is CC1CCC(CN2CCC(NC(C)C)C2)C1. The highest BCUT2D eigenvalue weighted by molar-refractivity contribution is 4.84. The Labute approximate surface area is 101 Å². The molecule has 0 bridgehead atoms. The Kier molecular flexibility index (Phi) is 4.26. The topological polar surface area (TPSA) is 15.3 Å². The molecular weight excluding hydrogens is 196 g/mol. The van der Waals surface area contributed by atoms with Crippen molar-refractivity contribution in [3.63, 3.8) is 0 Å². The fourth-order valence-electron chi connectivity index (χ4n) is 3.46. The molecule has 0 aromatic rings. The van der Waals surface area contributed by atoms with Gasteiger partial charge in [0, 0.05) is 25.2 Å². The lowest BCUT2D eigenvalue weighted by Gasteiger charge is -2.21. The molecule has 1 N–H and O–H groups in total. The molecule has 2 fully saturated rings. The molecule has 0 radical (unpaired) electrons. The lowest BCUT2D eigenvalue weighted by atomic mass is 10.1. The van der Waals surface area contributed by atoms with E-state index in [1.165, 1.54) is 45.3 Å². The van der Waals surface area contributed by atoms with Crippen LogP contribution in [0.25, 0.3) is 0 Å². The summed E-state index contributed by atoms with van der Waals surface area (Å²) in [5.74, 6) is 1.98. The van der Waals surface area contributed by atoms with Crippen molar-refractivity contribution >= 4 is 0 Å². The van der Waals surface area contributed by atoms with Crippen LogP contribution in [0.5, 0.6) is 0 Å². The molecule has 3 atom stereocenters. The van der Waals surface area contributed by atoms with Crippen LogP contribution in [0, 0.1) is 11.8 Å². The molecule has 1 aliphatic heterocycles. The van der Waals surface area contributed by atoms with Gasteiger partial charge in [-0.3, -0.25) is 0 Å². The van der Waals surface area contributed by atoms with Crippen molar-refractivity contribution in [3.8, 4) is 0 Å². The quantitative estimate of drug-likeness (QED) is 0.789. The predicted octanol–water partition coefficient (Wildman–Crippen LogP) is 2.49. The second kappa shape index (κ2) is 5.50. The molecule has 94 valence electrons. The first-order valence-electron chi connectivity index (χ1n) is 7.12. The molecule has 2 aliphatic rings. The van der Waals surface area contributed by atoms with Gasteiger partial charge in [-0.15, -0.1) is 0 Å². The first kappa shape index (κ1) is 12.4. The van der Waals surface area contributed by atoms with Crippen molar-refractivity contribution < 1.29 is 0 Å². The van der Waals surface area contributed by atoms with Crippen molar-refractivity contribution in [1.29, 1.82) is 0 Å². The minimum atomic E-state index is 0.636. The van der Waals surface area contributed by atoms with Crippen molar-refractivity contribution in [2.24, 2.45) is 11.8 Å². The molecular formula is C14H28N2. The van der Waals surface area contributed by atoms with E-state index in [-0.39, 0.29) is 0 Å². The van der Waals surface area contributed by atoms with E-state index < -0.39 is 0 Å². The van der Waals surface area contributed by atoms with Crippen LogP contribution in [-0.4, -0.2) is 36.6 Å². The molecule has 16 heavy (non-hydrogen) atoms. The summed E-state index contributed by atoms with van der Waals surface area (Å²) >= 11 is 0. The fraction of sp³-hybridized carbons (Fsp3) is 1.00. The van der Waals surface area contributed by atoms with Gasteiger partial charge in [-0.1, -0.05) is 27.2 Å². The summed E-state index contributed by atoms with van der Waals surface area (Å²) in [5, 5.41) is 3.66. The van der Waals surface area contributed by atoms with Crippen LogP contribution in [0.4, 0.5) is 0 Å². The third-order valence-corrected chi connectivity index (χ3v) is 4.16. The van der Waals surface area contributed by atoms with Crippen LogP contribution in [0.15, 0.2) is 0 Å². The maximum atomic E-state index is 3.66. The number of hydrogen-bond acceptors (Lipinski definition) is 2. The second-order valence-corrected chi connectivity index (χ2v) is 6.35. The molecule has 0 aromatic carbocycles. The van der Waals surface area contributed by atoms with Gasteiger partial charge in [-0.25, -0.2) is 0 Å². The zero-order chi connectivity index (χ0) is 11.5. The van der Waals surface area contributed by atoms with E-state index >= 15 is 0 Å². The molecule has 0 aromatic heterocycles. The number of rotatable bonds is 4. The van der Waals surface area contributed by atoms with Gasteiger partial charge in [0.15, 0.2) is 0 Å². The van der Waals surface area contributed by atoms with Crippen LogP contribution in [0.1, 0.15) is 46.5 Å². The van der Waals surface area contributed by atoms with Crippen molar-refractivity contribution in [3.05, 3.63) is 0 Å². The lowest BCUT2D eigenvalue weighted by Crippen LogP contribution is -2.37. The Morgan fingerprint density at radius 1 is 1.25 bits per heavy atom. The first-order valence-corrected chi connectivity index (χ1v) is 7.12. The Morgan fingerprint density at radius 3 is 2.69 bits per heavy atom. The third kappa shape index (κ3) is 3.46. The van der Waals surface area contributed by atoms with E-state index in [0.717, 1.165) is 17.9 Å². The van der Waals surface area contributed by atoms with E-state index in [2.05, 4.69) is 31.0 Å². The lowest BCUT2D eigenvalue weighted by molar-refractivity contribution is 0.268. The third-order valence-electron chi connectivity index (χ3n) is 4.16. The van der Waals surface area contributed by atoms with E-state index in [1.54, 1.807) is 0 Å². The van der Waals surface area contributed by atoms with E-state index in [9.17, 15) is 0 Å². The summed E-state index contributed by atoms with van der Waals surface area (Å²) in [5.41, 5.74) is 0. The highest BCUT2D eigenvalue weighted by Gasteiger charge is 2.27. The van der Waals surface area contributed by atoms with Gasteiger partial charge >= 0.3 is 0 Å². The molecule has 1 saturated carbocycles. The van der Waals surface area contributed by atoms with Crippen molar-refractivity contribution in [2.75, 3.05) is 19.6 Å². The summed E-state index contributed by atoms with van der Waals surface area (Å²) in [6.07, 6.45) is 5.76. The molecule has 0 amide bonds. The highest BCUT2D eigenvalue weighted by atomic mass is 15.2. The second-order valence-electron chi connectivity index (χ2n) is 6.35. The molecule has 2 nitrogen and oxygen atoms in total. The van der Waals surface area contributed by atoms with Gasteiger partial charge in [-0.2, -0.15) is 0 Å². The summed E-state index contributed by atoms with van der Waals surface area (Å²) in [4.78, 5) is 2.68. The normalized spacial score (nSPS) is 36.4. The molecule has 1 saturated heterocycles. The molecule has 3 unspecified atom stereocenters. The number of hydrogen-bond donors (Lipinski definition) is 1. The zero-order valence-electron chi connectivity index (χ0n) is 11.2. The largest absolute Gasteiger partial charge is 0.310 e. The maximum absolute atomic E-state index is 3.66. The van der Waals surface area contributed by atoms with Gasteiger partial charge in [0.25, 0.3) is 0 Å². The summed E-state index contributed by atoms with van der Waals surface area (Å²) in [7, 11) is 0. The van der Waals surface area contributed by atoms with Gasteiger partial charge < -0.3 is 10.2 Å². The molecule has 0 spiro atoms. The standard InChI is InChI=1S/C14H28N2/c1-11(2)15-14-6-7-16(10-14)9-13-5-4-12(3)8-13/h11-15H,4-10H2,1-3H3. The van der Waals surface area contributed by atoms with Crippen LogP contribution >= 0.6 is 0 Å². The van der Waals surface area contributed by atoms with Crippen molar-refractivity contribution in [2.45, 2.75) is 58.5 Å². The van der Waals surface area contributed by atoms with Crippen LogP contribution in [0.2, 0.25) is 0 Å². The number of nitrogens with zero attached hydrogens (tertiary/aromatic N) is 1. The van der Waals surface area contributed by atoms with Gasteiger partial charge in [-0.05, 0) is 37.6 Å². The minimum Gasteiger partial charge on any atom is -0.310 e. The molecule has 1 heterocycles. The zero-order valence-corrected chi connectivity index (χ0v) is 11.2. The smallest absolute Gasteiger partial charge is 0.0209 e. The average molecular weight is 224 g/mol. The van der Waals surface area contributed by atoms with Gasteiger partial charge in [0.05, 0.1) is 0 Å². The van der Waals surface area contributed by atoms with E-state index in [0.29, 0.717) is 6.04 Å². The molecule has 2 heteroatoms. The number of nitrogens with one attached hydrogen (secondary N) is 1. The Morgan fingerprint density at radius 2 is 2.06 bits per heavy atom. The molecule has 1 aliphatic carbocycles. The highest BCUT2D eigenvalue weighted by Crippen LogP contribution is 2.31. The summed E-state index contributed by atoms with van der Waals surface area (Å²) < 4.78 is 0. The average Bonchev–Trinajstić information content (AvgIpc) is 2.76. The Hall–Kier alpha value is -0.0800. The Balaban J connectivity index is 1.68. The Bertz CT molecular complexity index is 215. The summed E-state index contributed by atoms with van der Waals surface area (Å²) in [6.45, 7) is 10.9.